The van der Waals surface area contributed by atoms with E-state index in [4.69, 9.17) is 18.6 Å². The number of hydrogen-bond acceptors (Lipinski definition) is 0. The van der Waals surface area contributed by atoms with Gasteiger partial charge in [-0.2, -0.15) is 0 Å². The van der Waals surface area contributed by atoms with Crippen molar-refractivity contribution in [1.29, 1.82) is 0 Å². The Kier molecular flexibility index (Phi) is 33.2. The number of benzene rings is 5. The molecule has 0 aliphatic rings. The van der Waals surface area contributed by atoms with Gasteiger partial charge in [-0.25, -0.2) is 0 Å². The predicted molar refractivity (Wildman–Crippen MR) is 217 cm³/mol. The van der Waals surface area contributed by atoms with E-state index in [1.807, 2.05) is 18.2 Å². The summed E-state index contributed by atoms with van der Waals surface area (Å²) >= 11 is 0. The Balaban J connectivity index is -0.000000840. The van der Waals surface area contributed by atoms with Crippen molar-refractivity contribution in [1.82, 2.24) is 0 Å². The van der Waals surface area contributed by atoms with Crippen LogP contribution in [0.5, 0.6) is 0 Å². The minimum Gasteiger partial charge on any atom is -0.0622 e. The normalized spacial score (nSPS) is 9.94. The number of rotatable bonds is 8. The SMILES string of the molecule is CC(C)(C)P([C]=[C]c1ccccc1)C(C)(C)C.[C-]#[O+].[C-]#[O+].[C-]#[O+].[C-]#[O+].[Co].[Co].c1ccc(P(CP(c2ccccc2)c2ccccc2)c2ccccc2)cc1. The molecular weight excluding hydrogens is 815 g/mol. The first kappa shape index (κ1) is 55.4. The molecule has 9 heteroatoms. The van der Waals surface area contributed by atoms with E-state index in [-0.39, 0.29) is 51.8 Å². The molecule has 0 amide bonds. The van der Waals surface area contributed by atoms with Gasteiger partial charge in [0.2, 0.25) is 0 Å². The second-order valence-corrected chi connectivity index (χ2v) is 21.1. The molecule has 54 heavy (non-hydrogen) atoms. The van der Waals surface area contributed by atoms with E-state index in [2.05, 4.69) is 213 Å². The molecule has 0 heterocycles. The third kappa shape index (κ3) is 20.7. The molecule has 5 rings (SSSR count). The van der Waals surface area contributed by atoms with Crippen LogP contribution in [0.25, 0.3) is 0 Å². The third-order valence-corrected chi connectivity index (χ3v) is 15.9. The van der Waals surface area contributed by atoms with Gasteiger partial charge in [0.25, 0.3) is 0 Å². The van der Waals surface area contributed by atoms with E-state index >= 15 is 0 Å². The molecule has 4 nitrogen and oxygen atoms in total. The fraction of sp³-hybridized carbons (Fsp3) is 0.200. The molecule has 5 aromatic carbocycles. The van der Waals surface area contributed by atoms with E-state index < -0.39 is 15.8 Å². The Morgan fingerprint density at radius 2 is 0.630 bits per heavy atom. The van der Waals surface area contributed by atoms with E-state index in [1.165, 1.54) is 27.1 Å². The first-order valence-electron chi connectivity index (χ1n) is 16.1. The molecule has 4 radical (unpaired) electrons. The number of hydrogen-bond donors (Lipinski definition) is 0. The summed E-state index contributed by atoms with van der Waals surface area (Å²) in [6, 6.07) is 54.4. The topological polar surface area (TPSA) is 79.6 Å². The van der Waals surface area contributed by atoms with Crippen LogP contribution in [0.4, 0.5) is 0 Å². The minimum absolute atomic E-state index is 0. The summed E-state index contributed by atoms with van der Waals surface area (Å²) in [5, 5.41) is 6.37. The maximum absolute atomic E-state index is 7.50. The van der Waals surface area contributed by atoms with Gasteiger partial charge in [0.15, 0.2) is 0 Å². The molecular formula is C45H45Co2O4P3. The molecule has 0 unspecified atom stereocenters. The Labute approximate surface area is 348 Å². The quantitative estimate of drug-likeness (QED) is 0.0847. The first-order chi connectivity index (χ1) is 25.1. The average Bonchev–Trinajstić information content (AvgIpc) is 3.19. The van der Waals surface area contributed by atoms with Crippen molar-refractivity contribution in [2.75, 3.05) is 5.90 Å². The Morgan fingerprint density at radius 1 is 0.407 bits per heavy atom. The molecule has 0 spiro atoms. The van der Waals surface area contributed by atoms with Gasteiger partial charge in [0.05, 0.1) is 0 Å². The fourth-order valence-electron chi connectivity index (χ4n) is 5.18. The van der Waals surface area contributed by atoms with Crippen molar-refractivity contribution in [3.05, 3.63) is 196 Å². The summed E-state index contributed by atoms with van der Waals surface area (Å²) < 4.78 is 30.0. The van der Waals surface area contributed by atoms with Gasteiger partial charge in [-0.3, -0.25) is 0 Å². The predicted octanol–water partition coefficient (Wildman–Crippen LogP) is 10.3. The molecule has 0 saturated carbocycles. The van der Waals surface area contributed by atoms with Crippen LogP contribution in [-0.4, -0.2) is 16.2 Å². The standard InChI is InChI=1S/C25H22P2.C16H23P.4CO.2Co/c1-5-13-22(14-6-1)26(23-15-7-2-8-16-23)21-27(24-17-9-3-10-18-24)25-19-11-4-12-20-25;1-15(2,3)17(16(4,5)6)13-12-14-10-8-7-9-11-14;4*1-2;;/h1-20H,21H2;7-11H,1-6H3;;;;;;. The molecule has 0 fully saturated rings. The average molecular weight is 861 g/mol. The van der Waals surface area contributed by atoms with Crippen LogP contribution in [0.1, 0.15) is 47.1 Å². The summed E-state index contributed by atoms with van der Waals surface area (Å²) in [6.07, 6.45) is 3.34. The largest absolute Gasteiger partial charge is 0.0622 e. The molecule has 0 saturated heterocycles. The van der Waals surface area contributed by atoms with Gasteiger partial charge < -0.3 is 0 Å². The van der Waals surface area contributed by atoms with Crippen LogP contribution >= 0.6 is 23.8 Å². The second kappa shape index (κ2) is 32.4. The van der Waals surface area contributed by atoms with Crippen LogP contribution < -0.4 is 21.2 Å². The summed E-state index contributed by atoms with van der Waals surface area (Å²) in [5.74, 6) is 4.70. The van der Waals surface area contributed by atoms with Crippen molar-refractivity contribution in [2.24, 2.45) is 0 Å². The van der Waals surface area contributed by atoms with E-state index in [0.29, 0.717) is 0 Å². The van der Waals surface area contributed by atoms with Crippen LogP contribution in [0.2, 0.25) is 0 Å². The molecule has 0 aliphatic carbocycles. The summed E-state index contributed by atoms with van der Waals surface area (Å²) in [7, 11) is -1.14. The van der Waals surface area contributed by atoms with Crippen LogP contribution in [0, 0.1) is 38.5 Å². The van der Waals surface area contributed by atoms with Crippen LogP contribution in [0.15, 0.2) is 152 Å². The fourth-order valence-corrected chi connectivity index (χ4v) is 14.6. The van der Waals surface area contributed by atoms with E-state index in [0.717, 1.165) is 5.56 Å². The molecule has 0 atom stereocenters. The summed E-state index contributed by atoms with van der Waals surface area (Å²) in [5.41, 5.74) is 1.12. The molecule has 0 bridgehead atoms. The van der Waals surface area contributed by atoms with Crippen molar-refractivity contribution < 1.29 is 52.2 Å². The first-order valence-corrected chi connectivity index (χ1v) is 20.5. The molecule has 282 valence electrons. The Hall–Kier alpha value is -2.90. The second-order valence-electron chi connectivity index (χ2n) is 12.6. The third-order valence-electron chi connectivity index (χ3n) is 6.98. The van der Waals surface area contributed by atoms with Crippen molar-refractivity contribution in [3.8, 4) is 0 Å². The Morgan fingerprint density at radius 3 is 0.852 bits per heavy atom. The van der Waals surface area contributed by atoms with E-state index in [1.54, 1.807) is 0 Å². The van der Waals surface area contributed by atoms with Crippen molar-refractivity contribution >= 4 is 45.0 Å². The van der Waals surface area contributed by atoms with Crippen LogP contribution in [-0.2, 0) is 52.2 Å². The summed E-state index contributed by atoms with van der Waals surface area (Å²) in [4.78, 5) is 0. The van der Waals surface area contributed by atoms with Gasteiger partial charge in [-0.05, 0) is 64.8 Å². The molecule has 0 N–H and O–H groups in total. The molecule has 0 aromatic heterocycles. The smallest absolute Gasteiger partial charge is 0.00405 e. The van der Waals surface area contributed by atoms with Gasteiger partial charge in [0, 0.05) is 39.5 Å². The van der Waals surface area contributed by atoms with Gasteiger partial charge in [-0.15, -0.1) is 0 Å². The monoisotopic (exact) mass is 860 g/mol. The zero-order chi connectivity index (χ0) is 39.4. The van der Waals surface area contributed by atoms with Gasteiger partial charge in [-0.1, -0.05) is 201 Å². The maximum atomic E-state index is 7.50. The zero-order valence-corrected chi connectivity index (χ0v) is 36.0. The zero-order valence-electron chi connectivity index (χ0n) is 31.3. The Bertz CT molecular complexity index is 1540. The maximum Gasteiger partial charge on any atom is 0.00405 e. The van der Waals surface area contributed by atoms with E-state index in [9.17, 15) is 0 Å². The molecule has 5 aromatic rings. The van der Waals surface area contributed by atoms with Crippen molar-refractivity contribution in [3.63, 3.8) is 0 Å². The van der Waals surface area contributed by atoms with Crippen molar-refractivity contribution in [2.45, 2.75) is 51.9 Å². The minimum atomic E-state index is -0.409. The van der Waals surface area contributed by atoms with Crippen LogP contribution in [0.3, 0.4) is 0 Å². The van der Waals surface area contributed by atoms with Gasteiger partial charge >= 0.3 is 45.2 Å². The molecule has 0 aliphatic heterocycles. The summed E-state index contributed by atoms with van der Waals surface area (Å²) in [6.45, 7) is 31.8. The van der Waals surface area contributed by atoms with Gasteiger partial charge in [0.1, 0.15) is 0 Å².